The minimum atomic E-state index is -0.828. The summed E-state index contributed by atoms with van der Waals surface area (Å²) in [6.45, 7) is 1.76. The molecule has 0 amide bonds. The number of pyridine rings is 2. The maximum atomic E-state index is 14.0. The Kier molecular flexibility index (Phi) is 3.69. The second-order valence-corrected chi connectivity index (χ2v) is 6.12. The number of nitrogens with zero attached hydrogens (tertiary/aromatic N) is 3. The monoisotopic (exact) mass is 373 g/mol. The molecule has 0 saturated carbocycles. The molecule has 0 bridgehead atoms. The number of benzene rings is 1. The molecule has 0 radical (unpaired) electrons. The Bertz CT molecular complexity index is 1280. The molecule has 6 nitrogen and oxygen atoms in total. The van der Waals surface area contributed by atoms with Crippen LogP contribution in [0, 0.1) is 5.82 Å². The van der Waals surface area contributed by atoms with Crippen LogP contribution in [0.15, 0.2) is 35.1 Å². The van der Waals surface area contributed by atoms with Crippen LogP contribution in [0.1, 0.15) is 17.3 Å². The van der Waals surface area contributed by atoms with E-state index in [2.05, 4.69) is 4.98 Å². The van der Waals surface area contributed by atoms with E-state index in [1.165, 1.54) is 0 Å². The second-order valence-electron chi connectivity index (χ2n) is 5.76. The van der Waals surface area contributed by atoms with Crippen LogP contribution in [0.25, 0.3) is 27.7 Å². The summed E-state index contributed by atoms with van der Waals surface area (Å²) >= 11 is 5.85. The van der Waals surface area contributed by atoms with E-state index in [9.17, 15) is 14.0 Å². The summed E-state index contributed by atoms with van der Waals surface area (Å²) in [5, 5.41) is -0.383. The summed E-state index contributed by atoms with van der Waals surface area (Å²) in [5.41, 5.74) is 1.16. The third kappa shape index (κ3) is 2.13. The zero-order valence-corrected chi connectivity index (χ0v) is 14.7. The Morgan fingerprint density at radius 2 is 2.00 bits per heavy atom. The van der Waals surface area contributed by atoms with Crippen LogP contribution in [0.2, 0.25) is 5.15 Å². The third-order valence-corrected chi connectivity index (χ3v) is 4.58. The molecule has 3 aromatic heterocycles. The minimum absolute atomic E-state index is 0.0381. The average Bonchev–Trinajstić information content (AvgIpc) is 2.91. The van der Waals surface area contributed by atoms with Crippen LogP contribution in [0.4, 0.5) is 4.39 Å². The highest BCUT2D eigenvalue weighted by Crippen LogP contribution is 2.27. The van der Waals surface area contributed by atoms with E-state index in [1.807, 2.05) is 24.3 Å². The minimum Gasteiger partial charge on any atom is -0.462 e. The van der Waals surface area contributed by atoms with Gasteiger partial charge in [-0.1, -0.05) is 23.7 Å². The number of imidazole rings is 1. The number of aryl methyl sites for hydroxylation is 1. The molecule has 0 aliphatic carbocycles. The lowest BCUT2D eigenvalue weighted by Crippen LogP contribution is -2.22. The van der Waals surface area contributed by atoms with Gasteiger partial charge in [0.15, 0.2) is 16.6 Å². The second kappa shape index (κ2) is 5.81. The molecule has 0 aliphatic heterocycles. The molecular weight excluding hydrogens is 361 g/mol. The van der Waals surface area contributed by atoms with Crippen molar-refractivity contribution < 1.29 is 13.9 Å². The Morgan fingerprint density at radius 1 is 1.31 bits per heavy atom. The number of hydrogen-bond donors (Lipinski definition) is 0. The molecule has 0 N–H and O–H groups in total. The van der Waals surface area contributed by atoms with Crippen LogP contribution >= 0.6 is 11.6 Å². The van der Waals surface area contributed by atoms with Crippen molar-refractivity contribution in [2.24, 2.45) is 7.05 Å². The van der Waals surface area contributed by atoms with Gasteiger partial charge in [-0.15, -0.1) is 0 Å². The summed E-state index contributed by atoms with van der Waals surface area (Å²) < 4.78 is 22.4. The van der Waals surface area contributed by atoms with Gasteiger partial charge in [-0.25, -0.2) is 14.2 Å². The predicted molar refractivity (Wildman–Crippen MR) is 96.4 cm³/mol. The van der Waals surface area contributed by atoms with Gasteiger partial charge in [0.25, 0.3) is 0 Å². The van der Waals surface area contributed by atoms with Gasteiger partial charge in [-0.05, 0) is 25.1 Å². The van der Waals surface area contributed by atoms with Crippen molar-refractivity contribution in [3.05, 3.63) is 57.1 Å². The van der Waals surface area contributed by atoms with E-state index in [0.717, 1.165) is 11.6 Å². The first-order valence-electron chi connectivity index (χ1n) is 7.90. The molecule has 0 spiro atoms. The van der Waals surface area contributed by atoms with Gasteiger partial charge in [0.2, 0.25) is 5.43 Å². The van der Waals surface area contributed by atoms with Gasteiger partial charge < -0.3 is 9.30 Å². The zero-order valence-electron chi connectivity index (χ0n) is 13.9. The number of carbonyl (C=O) groups is 1. The Labute approximate surface area is 151 Å². The fraction of sp³-hybridized carbons (Fsp3) is 0.167. The highest BCUT2D eigenvalue weighted by atomic mass is 35.5. The van der Waals surface area contributed by atoms with Gasteiger partial charge in [0.05, 0.1) is 23.0 Å². The van der Waals surface area contributed by atoms with E-state index in [4.69, 9.17) is 16.3 Å². The summed E-state index contributed by atoms with van der Waals surface area (Å²) in [6.07, 6.45) is 0. The number of hydrogen-bond acceptors (Lipinski definition) is 4. The number of ether oxygens (including phenoxy) is 1. The van der Waals surface area contributed by atoms with Crippen LogP contribution in [-0.4, -0.2) is 26.5 Å². The quantitative estimate of drug-likeness (QED) is 0.399. The number of esters is 1. The first kappa shape index (κ1) is 16.5. The van der Waals surface area contributed by atoms with E-state index in [0.29, 0.717) is 11.2 Å². The molecule has 0 fully saturated rings. The normalized spacial score (nSPS) is 11.5. The van der Waals surface area contributed by atoms with Crippen molar-refractivity contribution >= 4 is 45.3 Å². The third-order valence-electron chi connectivity index (χ3n) is 4.31. The van der Waals surface area contributed by atoms with Gasteiger partial charge in [-0.2, -0.15) is 0 Å². The molecule has 0 atom stereocenters. The molecule has 1 aromatic carbocycles. The topological polar surface area (TPSA) is 65.6 Å². The van der Waals surface area contributed by atoms with Crippen LogP contribution in [0.5, 0.6) is 0 Å². The number of fused-ring (bicyclic) bond motifs is 5. The SMILES string of the molecule is CCOC(=O)c1c(=O)c2cc(F)c(Cl)nc2n2c3ccccc3n(C)c12. The highest BCUT2D eigenvalue weighted by molar-refractivity contribution is 6.30. The fourth-order valence-electron chi connectivity index (χ4n) is 3.23. The van der Waals surface area contributed by atoms with Crippen LogP contribution in [0.3, 0.4) is 0 Å². The van der Waals surface area contributed by atoms with E-state index >= 15 is 0 Å². The highest BCUT2D eigenvalue weighted by Gasteiger charge is 2.25. The Morgan fingerprint density at radius 3 is 2.69 bits per heavy atom. The molecule has 3 heterocycles. The molecule has 0 aliphatic rings. The largest absolute Gasteiger partial charge is 0.462 e. The van der Waals surface area contributed by atoms with Crippen LogP contribution in [-0.2, 0) is 11.8 Å². The lowest BCUT2D eigenvalue weighted by Gasteiger charge is -2.09. The van der Waals surface area contributed by atoms with Crippen molar-refractivity contribution in [1.82, 2.24) is 14.0 Å². The molecular formula is C18H13ClFN3O3. The van der Waals surface area contributed by atoms with Crippen molar-refractivity contribution in [1.29, 1.82) is 0 Å². The molecule has 26 heavy (non-hydrogen) atoms. The van der Waals surface area contributed by atoms with E-state index in [1.54, 1.807) is 22.9 Å². The summed E-state index contributed by atoms with van der Waals surface area (Å²) in [6, 6.07) is 8.33. The van der Waals surface area contributed by atoms with Crippen molar-refractivity contribution in [3.8, 4) is 0 Å². The Hall–Kier alpha value is -2.93. The summed E-state index contributed by atoms with van der Waals surface area (Å²) in [4.78, 5) is 29.6. The number of aromatic nitrogens is 3. The van der Waals surface area contributed by atoms with Crippen LogP contribution < -0.4 is 5.43 Å². The number of para-hydroxylation sites is 2. The van der Waals surface area contributed by atoms with Crippen molar-refractivity contribution in [3.63, 3.8) is 0 Å². The smallest absolute Gasteiger partial charge is 0.345 e. The summed E-state index contributed by atoms with van der Waals surface area (Å²) in [7, 11) is 1.73. The molecule has 0 saturated heterocycles. The van der Waals surface area contributed by atoms with E-state index < -0.39 is 17.2 Å². The lowest BCUT2D eigenvalue weighted by molar-refractivity contribution is 0.0526. The van der Waals surface area contributed by atoms with Gasteiger partial charge in [0.1, 0.15) is 11.2 Å². The maximum absolute atomic E-state index is 14.0. The average molecular weight is 374 g/mol. The molecule has 0 unspecified atom stereocenters. The number of carbonyl (C=O) groups excluding carboxylic acids is 1. The number of halogens is 2. The van der Waals surface area contributed by atoms with Crippen molar-refractivity contribution in [2.75, 3.05) is 6.61 Å². The molecule has 132 valence electrons. The van der Waals surface area contributed by atoms with Gasteiger partial charge in [0, 0.05) is 7.05 Å². The maximum Gasteiger partial charge on any atom is 0.345 e. The standard InChI is InChI=1S/C18H13ClFN3O3/c1-3-26-18(25)13-14(24)9-8-10(20)15(19)21-16(9)23-12-7-5-4-6-11(12)22(2)17(13)23/h4-8H,3H2,1-2H3. The first-order valence-corrected chi connectivity index (χ1v) is 8.28. The molecule has 8 heteroatoms. The van der Waals surface area contributed by atoms with Crippen molar-refractivity contribution in [2.45, 2.75) is 6.92 Å². The molecule has 4 rings (SSSR count). The number of rotatable bonds is 2. The lowest BCUT2D eigenvalue weighted by atomic mass is 10.2. The van der Waals surface area contributed by atoms with Gasteiger partial charge >= 0.3 is 5.97 Å². The Balaban J connectivity index is 2.36. The first-order chi connectivity index (χ1) is 12.5. The molecule has 4 aromatic rings. The van der Waals surface area contributed by atoms with Gasteiger partial charge in [-0.3, -0.25) is 9.20 Å². The predicted octanol–water partition coefficient (Wildman–Crippen LogP) is 3.31. The zero-order chi connectivity index (χ0) is 18.6. The van der Waals surface area contributed by atoms with E-state index in [-0.39, 0.29) is 28.4 Å². The fourth-order valence-corrected chi connectivity index (χ4v) is 3.36. The summed E-state index contributed by atoms with van der Waals surface area (Å²) in [5.74, 6) is -1.59.